The lowest BCUT2D eigenvalue weighted by molar-refractivity contribution is 0.0628. The SMILES string of the molecule is COc1cc(-c2cc(CN3CCN(C(=O)c4cccnc4)CC3)ccn2)cc(OC)c1OC. The van der Waals surface area contributed by atoms with Crippen LogP contribution in [0, 0.1) is 0 Å². The van der Waals surface area contributed by atoms with Gasteiger partial charge in [-0.05, 0) is 42.0 Å². The maximum Gasteiger partial charge on any atom is 0.255 e. The number of nitrogens with zero attached hydrogens (tertiary/aromatic N) is 4. The van der Waals surface area contributed by atoms with Crippen LogP contribution in [-0.4, -0.2) is 73.2 Å². The number of hydrogen-bond acceptors (Lipinski definition) is 7. The van der Waals surface area contributed by atoms with Crippen LogP contribution >= 0.6 is 0 Å². The summed E-state index contributed by atoms with van der Waals surface area (Å²) in [4.78, 5) is 25.5. The van der Waals surface area contributed by atoms with Crippen LogP contribution in [-0.2, 0) is 6.54 Å². The largest absolute Gasteiger partial charge is 0.493 e. The molecular weight excluding hydrogens is 420 g/mol. The van der Waals surface area contributed by atoms with Crippen LogP contribution in [0.5, 0.6) is 17.2 Å². The van der Waals surface area contributed by atoms with E-state index in [1.54, 1.807) is 39.8 Å². The number of rotatable bonds is 7. The Morgan fingerprint density at radius 1 is 0.939 bits per heavy atom. The van der Waals surface area contributed by atoms with Crippen molar-refractivity contribution in [3.05, 3.63) is 66.1 Å². The molecule has 3 heterocycles. The van der Waals surface area contributed by atoms with Crippen LogP contribution in [0.1, 0.15) is 15.9 Å². The van der Waals surface area contributed by atoms with E-state index in [0.717, 1.165) is 36.5 Å². The van der Waals surface area contributed by atoms with Gasteiger partial charge in [0.05, 0.1) is 32.6 Å². The van der Waals surface area contributed by atoms with Crippen molar-refractivity contribution in [1.29, 1.82) is 0 Å². The molecule has 0 spiro atoms. The first-order valence-corrected chi connectivity index (χ1v) is 10.8. The lowest BCUT2D eigenvalue weighted by atomic mass is 10.1. The fraction of sp³-hybridized carbons (Fsp3) is 0.320. The molecule has 0 aliphatic carbocycles. The van der Waals surface area contributed by atoms with E-state index in [1.165, 1.54) is 0 Å². The number of carbonyl (C=O) groups is 1. The smallest absolute Gasteiger partial charge is 0.255 e. The van der Waals surface area contributed by atoms with Crippen molar-refractivity contribution >= 4 is 5.91 Å². The van der Waals surface area contributed by atoms with Gasteiger partial charge in [0.25, 0.3) is 5.91 Å². The number of benzene rings is 1. The topological polar surface area (TPSA) is 77.0 Å². The van der Waals surface area contributed by atoms with E-state index in [9.17, 15) is 4.79 Å². The summed E-state index contributed by atoms with van der Waals surface area (Å²) >= 11 is 0. The Morgan fingerprint density at radius 2 is 1.67 bits per heavy atom. The quantitative estimate of drug-likeness (QED) is 0.550. The van der Waals surface area contributed by atoms with E-state index in [1.807, 2.05) is 35.4 Å². The zero-order valence-electron chi connectivity index (χ0n) is 19.2. The predicted molar refractivity (Wildman–Crippen MR) is 125 cm³/mol. The van der Waals surface area contributed by atoms with Crippen molar-refractivity contribution in [2.24, 2.45) is 0 Å². The summed E-state index contributed by atoms with van der Waals surface area (Å²) in [5.41, 5.74) is 3.51. The molecule has 1 aliphatic rings. The van der Waals surface area contributed by atoms with Crippen LogP contribution in [0.25, 0.3) is 11.3 Å². The molecule has 8 heteroatoms. The summed E-state index contributed by atoms with van der Waals surface area (Å²) in [6.45, 7) is 3.80. The highest BCUT2D eigenvalue weighted by Crippen LogP contribution is 2.40. The fourth-order valence-electron chi connectivity index (χ4n) is 4.00. The first-order valence-electron chi connectivity index (χ1n) is 10.8. The Morgan fingerprint density at radius 3 is 2.27 bits per heavy atom. The van der Waals surface area contributed by atoms with E-state index >= 15 is 0 Å². The van der Waals surface area contributed by atoms with Gasteiger partial charge in [-0.15, -0.1) is 0 Å². The minimum Gasteiger partial charge on any atom is -0.493 e. The second-order valence-electron chi connectivity index (χ2n) is 7.77. The third-order valence-electron chi connectivity index (χ3n) is 5.76. The average Bonchev–Trinajstić information content (AvgIpc) is 2.88. The normalized spacial score (nSPS) is 14.1. The third kappa shape index (κ3) is 5.06. The first kappa shape index (κ1) is 22.5. The van der Waals surface area contributed by atoms with Crippen molar-refractivity contribution in [3.8, 4) is 28.5 Å². The van der Waals surface area contributed by atoms with Crippen molar-refractivity contribution in [2.45, 2.75) is 6.54 Å². The van der Waals surface area contributed by atoms with Crippen LogP contribution in [0.4, 0.5) is 0 Å². The molecule has 0 saturated carbocycles. The Balaban J connectivity index is 1.44. The van der Waals surface area contributed by atoms with Gasteiger partial charge in [-0.3, -0.25) is 19.7 Å². The zero-order valence-corrected chi connectivity index (χ0v) is 19.2. The molecule has 33 heavy (non-hydrogen) atoms. The third-order valence-corrected chi connectivity index (χ3v) is 5.76. The molecule has 3 aromatic rings. The van der Waals surface area contributed by atoms with E-state index < -0.39 is 0 Å². The number of piperazine rings is 1. The molecule has 1 aromatic carbocycles. The second kappa shape index (κ2) is 10.3. The molecular formula is C25H28N4O4. The molecule has 1 aliphatic heterocycles. The average molecular weight is 449 g/mol. The molecule has 1 saturated heterocycles. The van der Waals surface area contributed by atoms with E-state index in [2.05, 4.69) is 20.9 Å². The highest BCUT2D eigenvalue weighted by molar-refractivity contribution is 5.93. The minimum atomic E-state index is 0.0383. The van der Waals surface area contributed by atoms with Crippen molar-refractivity contribution in [3.63, 3.8) is 0 Å². The van der Waals surface area contributed by atoms with Crippen molar-refractivity contribution in [1.82, 2.24) is 19.8 Å². The maximum atomic E-state index is 12.6. The van der Waals surface area contributed by atoms with Gasteiger partial charge < -0.3 is 19.1 Å². The zero-order chi connectivity index (χ0) is 23.2. The van der Waals surface area contributed by atoms with E-state index in [4.69, 9.17) is 14.2 Å². The van der Waals surface area contributed by atoms with Crippen LogP contribution < -0.4 is 14.2 Å². The molecule has 0 N–H and O–H groups in total. The summed E-state index contributed by atoms with van der Waals surface area (Å²) < 4.78 is 16.4. The Labute approximate surface area is 193 Å². The molecule has 172 valence electrons. The van der Waals surface area contributed by atoms with E-state index in [0.29, 0.717) is 35.9 Å². The number of amides is 1. The lowest BCUT2D eigenvalue weighted by Crippen LogP contribution is -2.48. The molecule has 4 rings (SSSR count). The fourth-order valence-corrected chi connectivity index (χ4v) is 4.00. The first-order chi connectivity index (χ1) is 16.1. The maximum absolute atomic E-state index is 12.6. The molecule has 0 bridgehead atoms. The number of carbonyl (C=O) groups excluding carboxylic acids is 1. The molecule has 8 nitrogen and oxygen atoms in total. The predicted octanol–water partition coefficient (Wildman–Crippen LogP) is 3.13. The second-order valence-corrected chi connectivity index (χ2v) is 7.77. The summed E-state index contributed by atoms with van der Waals surface area (Å²) in [6, 6.07) is 11.5. The summed E-state index contributed by atoms with van der Waals surface area (Å²) in [5.74, 6) is 1.77. The number of aromatic nitrogens is 2. The highest BCUT2D eigenvalue weighted by Gasteiger charge is 2.22. The molecule has 0 atom stereocenters. The van der Waals surface area contributed by atoms with Gasteiger partial charge >= 0.3 is 0 Å². The number of hydrogen-bond donors (Lipinski definition) is 0. The highest BCUT2D eigenvalue weighted by atomic mass is 16.5. The van der Waals surface area contributed by atoms with Gasteiger partial charge in [0, 0.05) is 56.9 Å². The Hall–Kier alpha value is -3.65. The van der Waals surface area contributed by atoms with Crippen LogP contribution in [0.3, 0.4) is 0 Å². The number of pyridine rings is 2. The standard InChI is InChI=1S/C25H28N4O4/c1-31-22-14-20(15-23(32-2)24(22)33-3)21-13-18(6-8-27-21)17-28-9-11-29(12-10-28)25(30)19-5-4-7-26-16-19/h4-8,13-16H,9-12,17H2,1-3H3. The minimum absolute atomic E-state index is 0.0383. The van der Waals surface area contributed by atoms with Crippen LogP contribution in [0.2, 0.25) is 0 Å². The number of methoxy groups -OCH3 is 3. The molecule has 1 fully saturated rings. The number of ether oxygens (including phenoxy) is 3. The van der Waals surface area contributed by atoms with Gasteiger partial charge in [-0.25, -0.2) is 0 Å². The Bertz CT molecular complexity index is 1070. The monoisotopic (exact) mass is 448 g/mol. The summed E-state index contributed by atoms with van der Waals surface area (Å²) in [6.07, 6.45) is 5.11. The Kier molecular flexibility index (Phi) is 7.04. The van der Waals surface area contributed by atoms with Crippen molar-refractivity contribution in [2.75, 3.05) is 47.5 Å². The van der Waals surface area contributed by atoms with Gasteiger partial charge in [-0.1, -0.05) is 0 Å². The summed E-state index contributed by atoms with van der Waals surface area (Å²) in [7, 11) is 4.79. The molecule has 2 aromatic heterocycles. The van der Waals surface area contributed by atoms with Gasteiger partial charge in [0.1, 0.15) is 0 Å². The lowest BCUT2D eigenvalue weighted by Gasteiger charge is -2.34. The van der Waals surface area contributed by atoms with Gasteiger partial charge in [0.15, 0.2) is 11.5 Å². The van der Waals surface area contributed by atoms with Gasteiger partial charge in [0.2, 0.25) is 5.75 Å². The van der Waals surface area contributed by atoms with E-state index in [-0.39, 0.29) is 5.91 Å². The summed E-state index contributed by atoms with van der Waals surface area (Å²) in [5, 5.41) is 0. The van der Waals surface area contributed by atoms with Crippen molar-refractivity contribution < 1.29 is 19.0 Å². The molecule has 1 amide bonds. The molecule has 0 radical (unpaired) electrons. The van der Waals surface area contributed by atoms with Gasteiger partial charge in [-0.2, -0.15) is 0 Å². The van der Waals surface area contributed by atoms with Crippen LogP contribution in [0.15, 0.2) is 55.0 Å². The molecule has 0 unspecified atom stereocenters.